The highest BCUT2D eigenvalue weighted by atomic mass is 16.5. The van der Waals surface area contributed by atoms with Gasteiger partial charge in [0, 0.05) is 13.3 Å². The lowest BCUT2D eigenvalue weighted by molar-refractivity contribution is -0.148. The summed E-state index contributed by atoms with van der Waals surface area (Å²) in [5.74, 6) is 4.76. The van der Waals surface area contributed by atoms with Crippen LogP contribution in [-0.4, -0.2) is 12.1 Å². The van der Waals surface area contributed by atoms with Gasteiger partial charge in [-0.2, -0.15) is 0 Å². The van der Waals surface area contributed by atoms with E-state index in [2.05, 4.69) is 52.8 Å². The second-order valence-electron chi connectivity index (χ2n) is 12.4. The summed E-state index contributed by atoms with van der Waals surface area (Å²) in [7, 11) is 0. The van der Waals surface area contributed by atoms with Gasteiger partial charge in [0.25, 0.3) is 0 Å². The molecule has 4 aliphatic carbocycles. The maximum absolute atomic E-state index is 11.5. The zero-order valence-electron chi connectivity index (χ0n) is 21.0. The highest BCUT2D eigenvalue weighted by molar-refractivity contribution is 5.66. The molecule has 8 atom stereocenters. The van der Waals surface area contributed by atoms with Crippen molar-refractivity contribution in [3.63, 3.8) is 0 Å². The van der Waals surface area contributed by atoms with E-state index in [9.17, 15) is 4.79 Å². The van der Waals surface area contributed by atoms with E-state index < -0.39 is 0 Å². The van der Waals surface area contributed by atoms with Crippen molar-refractivity contribution in [3.8, 4) is 0 Å². The number of hydrogen-bond donors (Lipinski definition) is 0. The fraction of sp³-hybridized carbons (Fsp3) is 0.828. The van der Waals surface area contributed by atoms with Crippen LogP contribution in [0.1, 0.15) is 99.3 Å². The third kappa shape index (κ3) is 4.18. The molecule has 3 fully saturated rings. The molecule has 0 N–H and O–H groups in total. The number of esters is 1. The summed E-state index contributed by atoms with van der Waals surface area (Å²) >= 11 is 0. The zero-order valence-corrected chi connectivity index (χ0v) is 21.0. The molecule has 0 aromatic carbocycles. The van der Waals surface area contributed by atoms with Crippen molar-refractivity contribution in [2.24, 2.45) is 46.3 Å². The van der Waals surface area contributed by atoms with Crippen molar-refractivity contribution in [2.75, 3.05) is 0 Å². The Labute approximate surface area is 191 Å². The van der Waals surface area contributed by atoms with E-state index in [1.165, 1.54) is 44.9 Å². The maximum atomic E-state index is 11.5. The van der Waals surface area contributed by atoms with Crippen LogP contribution in [0, 0.1) is 46.3 Å². The van der Waals surface area contributed by atoms with Gasteiger partial charge in [-0.1, -0.05) is 58.4 Å². The minimum atomic E-state index is -0.120. The predicted octanol–water partition coefficient (Wildman–Crippen LogP) is 7.74. The summed E-state index contributed by atoms with van der Waals surface area (Å²) in [5, 5.41) is 0. The topological polar surface area (TPSA) is 26.3 Å². The van der Waals surface area contributed by atoms with Gasteiger partial charge in [0.15, 0.2) is 0 Å². The quantitative estimate of drug-likeness (QED) is 0.332. The summed E-state index contributed by atoms with van der Waals surface area (Å²) in [6, 6.07) is 0. The summed E-state index contributed by atoms with van der Waals surface area (Å²) in [6.07, 6.45) is 19.0. The van der Waals surface area contributed by atoms with E-state index in [4.69, 9.17) is 4.74 Å². The highest BCUT2D eigenvalue weighted by Gasteiger charge is 2.59. The molecule has 0 radical (unpaired) electrons. The Hall–Kier alpha value is -1.05. The lowest BCUT2D eigenvalue weighted by Gasteiger charge is -2.58. The Kier molecular flexibility index (Phi) is 6.50. The fourth-order valence-corrected chi connectivity index (χ4v) is 8.57. The first-order chi connectivity index (χ1) is 14.6. The molecule has 4 rings (SSSR count). The third-order valence-corrected chi connectivity index (χ3v) is 10.1. The van der Waals surface area contributed by atoms with E-state index in [-0.39, 0.29) is 12.1 Å². The molecule has 31 heavy (non-hydrogen) atoms. The van der Waals surface area contributed by atoms with Crippen LogP contribution >= 0.6 is 0 Å². The summed E-state index contributed by atoms with van der Waals surface area (Å²) < 4.78 is 5.61. The lowest BCUT2D eigenvalue weighted by Crippen LogP contribution is -2.51. The molecule has 4 aliphatic rings. The molecule has 0 amide bonds. The van der Waals surface area contributed by atoms with Crippen LogP contribution in [0.3, 0.4) is 0 Å². The van der Waals surface area contributed by atoms with E-state index in [0.717, 1.165) is 42.4 Å². The second kappa shape index (κ2) is 8.71. The largest absolute Gasteiger partial charge is 0.462 e. The van der Waals surface area contributed by atoms with Gasteiger partial charge in [-0.05, 0) is 97.7 Å². The number of rotatable bonds is 5. The Morgan fingerprint density at radius 3 is 2.61 bits per heavy atom. The van der Waals surface area contributed by atoms with Crippen molar-refractivity contribution in [2.45, 2.75) is 105 Å². The first-order valence-corrected chi connectivity index (χ1v) is 13.2. The molecule has 0 spiro atoms. The van der Waals surface area contributed by atoms with Crippen LogP contribution < -0.4 is 0 Å². The minimum Gasteiger partial charge on any atom is -0.462 e. The summed E-state index contributed by atoms with van der Waals surface area (Å²) in [4.78, 5) is 11.5. The third-order valence-electron chi connectivity index (χ3n) is 10.1. The normalized spacial score (nSPS) is 43.2. The first kappa shape index (κ1) is 23.1. The molecule has 0 heterocycles. The number of hydrogen-bond acceptors (Lipinski definition) is 2. The van der Waals surface area contributed by atoms with Crippen LogP contribution in [0.2, 0.25) is 0 Å². The summed E-state index contributed by atoms with van der Waals surface area (Å²) in [5.41, 5.74) is 2.45. The molecule has 0 aromatic heterocycles. The van der Waals surface area contributed by atoms with Gasteiger partial charge in [0.2, 0.25) is 0 Å². The molecule has 0 aliphatic heterocycles. The average Bonchev–Trinajstić information content (AvgIpc) is 3.05. The van der Waals surface area contributed by atoms with Crippen molar-refractivity contribution in [1.82, 2.24) is 0 Å². The summed E-state index contributed by atoms with van der Waals surface area (Å²) in [6.45, 7) is 13.9. The van der Waals surface area contributed by atoms with Gasteiger partial charge < -0.3 is 4.74 Å². The predicted molar refractivity (Wildman–Crippen MR) is 129 cm³/mol. The van der Waals surface area contributed by atoms with Crippen LogP contribution in [-0.2, 0) is 9.53 Å². The van der Waals surface area contributed by atoms with E-state index in [1.54, 1.807) is 12.5 Å². The fourth-order valence-electron chi connectivity index (χ4n) is 8.57. The van der Waals surface area contributed by atoms with Crippen LogP contribution in [0.4, 0.5) is 0 Å². The smallest absolute Gasteiger partial charge is 0.302 e. The lowest BCUT2D eigenvalue weighted by atomic mass is 9.47. The molecule has 3 saturated carbocycles. The maximum Gasteiger partial charge on any atom is 0.302 e. The Balaban J connectivity index is 1.50. The average molecular weight is 427 g/mol. The Morgan fingerprint density at radius 1 is 1.13 bits per heavy atom. The number of carbonyl (C=O) groups excluding carboxylic acids is 1. The Bertz CT molecular complexity index is 733. The van der Waals surface area contributed by atoms with Crippen LogP contribution in [0.15, 0.2) is 23.8 Å². The molecule has 0 saturated heterocycles. The standard InChI is InChI=1S/C29H46O2/c1-19(2)8-7-9-20(3)25-12-13-26-24-11-10-22-18-23(31-21(4)30)14-16-28(22,5)27(24)15-17-29(25,26)6/h7,9-10,19-20,23-27H,8,11-18H2,1-6H3/b9-7-/t20-,23-,24?,25?,26?,27?,28-,29+/m0/s1. The molecule has 0 aromatic rings. The van der Waals surface area contributed by atoms with Gasteiger partial charge in [-0.15, -0.1) is 0 Å². The zero-order chi connectivity index (χ0) is 22.4. The number of carbonyl (C=O) groups is 1. The molecule has 4 unspecified atom stereocenters. The van der Waals surface area contributed by atoms with Crippen LogP contribution in [0.5, 0.6) is 0 Å². The molecule has 0 bridgehead atoms. The van der Waals surface area contributed by atoms with Crippen molar-refractivity contribution < 1.29 is 9.53 Å². The van der Waals surface area contributed by atoms with E-state index in [0.29, 0.717) is 16.7 Å². The highest BCUT2D eigenvalue weighted by Crippen LogP contribution is 2.67. The van der Waals surface area contributed by atoms with Gasteiger partial charge in [0.1, 0.15) is 6.10 Å². The van der Waals surface area contributed by atoms with Crippen molar-refractivity contribution in [3.05, 3.63) is 23.8 Å². The van der Waals surface area contributed by atoms with Gasteiger partial charge in [-0.25, -0.2) is 0 Å². The van der Waals surface area contributed by atoms with E-state index in [1.807, 2.05) is 0 Å². The Morgan fingerprint density at radius 2 is 1.90 bits per heavy atom. The van der Waals surface area contributed by atoms with Crippen molar-refractivity contribution >= 4 is 5.97 Å². The minimum absolute atomic E-state index is 0.108. The molecule has 174 valence electrons. The number of allylic oxidation sites excluding steroid dienone is 3. The van der Waals surface area contributed by atoms with Gasteiger partial charge in [0.05, 0.1) is 0 Å². The molecular weight excluding hydrogens is 380 g/mol. The first-order valence-electron chi connectivity index (χ1n) is 13.2. The van der Waals surface area contributed by atoms with Crippen LogP contribution in [0.25, 0.3) is 0 Å². The molecular formula is C29H46O2. The van der Waals surface area contributed by atoms with E-state index >= 15 is 0 Å². The number of fused-ring (bicyclic) bond motifs is 5. The molecule has 2 nitrogen and oxygen atoms in total. The number of ether oxygens (including phenoxy) is 1. The SMILES string of the molecule is CC(=O)O[C@H]1CC[C@@]2(C)C(=CCC3C4CCC([C@@H](C)/C=C\CC(C)C)[C@@]4(C)CCC32)C1. The molecule has 2 heteroatoms. The van der Waals surface area contributed by atoms with Gasteiger partial charge >= 0.3 is 5.97 Å². The van der Waals surface area contributed by atoms with Gasteiger partial charge in [-0.3, -0.25) is 4.79 Å². The second-order valence-corrected chi connectivity index (χ2v) is 12.4. The monoisotopic (exact) mass is 426 g/mol. The van der Waals surface area contributed by atoms with Crippen molar-refractivity contribution in [1.29, 1.82) is 0 Å².